The van der Waals surface area contributed by atoms with Gasteiger partial charge in [0.25, 0.3) is 5.91 Å². The summed E-state index contributed by atoms with van der Waals surface area (Å²) >= 11 is 1.61. The standard InChI is InChI=1S/C33H46FN5O3S/c1-38-13-4-7-23(38)8-10-37-33(41)25-19-39-27-15-20-5-2-3-6-21(20)16-28(27)42-31-29(39)24(30(25)40)17-26(34)32(31)43-14-9-22-18-35-11-12-36-22/h11-12,18-21,23-24,26-29,31-32H,2-10,13-17H2,1H3,(H,37,41)/t20?,21?,23-,24?,26?,27?,28?,29?,31?,32?/m0/s1. The Labute approximate surface area is 259 Å². The van der Waals surface area contributed by atoms with E-state index in [4.69, 9.17) is 4.74 Å². The van der Waals surface area contributed by atoms with Crippen LogP contribution >= 0.6 is 11.8 Å². The van der Waals surface area contributed by atoms with Crippen LogP contribution in [0.1, 0.15) is 69.9 Å². The molecular formula is C33H46FN5O3S. The van der Waals surface area contributed by atoms with E-state index in [-0.39, 0.29) is 53.2 Å². The summed E-state index contributed by atoms with van der Waals surface area (Å²) in [6, 6.07) is 0.382. The Bertz CT molecular complexity index is 1200. The number of amides is 1. The van der Waals surface area contributed by atoms with Gasteiger partial charge in [-0.3, -0.25) is 19.6 Å². The van der Waals surface area contributed by atoms with Gasteiger partial charge in [0.15, 0.2) is 5.78 Å². The number of aromatic nitrogens is 2. The lowest BCUT2D eigenvalue weighted by molar-refractivity contribution is -0.197. The van der Waals surface area contributed by atoms with Crippen molar-refractivity contribution in [2.45, 2.75) is 112 Å². The minimum Gasteiger partial charge on any atom is -0.369 e. The van der Waals surface area contributed by atoms with E-state index in [1.807, 2.05) is 6.20 Å². The lowest BCUT2D eigenvalue weighted by Gasteiger charge is -2.60. The monoisotopic (exact) mass is 611 g/mol. The number of carbonyl (C=O) groups is 2. The molecule has 10 atom stereocenters. The molecule has 3 saturated carbocycles. The highest BCUT2D eigenvalue weighted by Crippen LogP contribution is 2.51. The third-order valence-corrected chi connectivity index (χ3v) is 12.8. The molecule has 10 heteroatoms. The van der Waals surface area contributed by atoms with Gasteiger partial charge in [0.05, 0.1) is 40.8 Å². The van der Waals surface area contributed by atoms with Gasteiger partial charge in [0, 0.05) is 49.7 Å². The second kappa shape index (κ2) is 12.8. The SMILES string of the molecule is CN1CCC[C@H]1CCNC(=O)C1=CN2C3CC4CCCCC4CC3OC3C(SCCc4cnccn4)C(F)CC(C1=O)C32. The summed E-state index contributed by atoms with van der Waals surface area (Å²) in [6.07, 6.45) is 16.6. The second-order valence-corrected chi connectivity index (χ2v) is 15.1. The molecule has 5 fully saturated rings. The number of nitrogens with one attached hydrogen (secondary N) is 1. The number of ketones is 1. The van der Waals surface area contributed by atoms with E-state index in [9.17, 15) is 9.59 Å². The molecule has 0 bridgehead atoms. The molecule has 1 aromatic heterocycles. The zero-order valence-electron chi connectivity index (χ0n) is 25.3. The van der Waals surface area contributed by atoms with E-state index in [1.165, 1.54) is 32.1 Å². The fourth-order valence-corrected chi connectivity index (χ4v) is 10.5. The highest BCUT2D eigenvalue weighted by molar-refractivity contribution is 8.00. The number of nitrogens with zero attached hydrogens (tertiary/aromatic N) is 4. The van der Waals surface area contributed by atoms with Crippen LogP contribution in [-0.4, -0.2) is 99.1 Å². The van der Waals surface area contributed by atoms with Crippen LogP contribution in [0.4, 0.5) is 4.39 Å². The Morgan fingerprint density at radius 3 is 2.74 bits per heavy atom. The Kier molecular flexibility index (Phi) is 8.80. The molecule has 9 unspecified atom stereocenters. The first kappa shape index (κ1) is 29.7. The van der Waals surface area contributed by atoms with Crippen molar-refractivity contribution in [3.63, 3.8) is 0 Å². The Morgan fingerprint density at radius 1 is 1.14 bits per heavy atom. The van der Waals surface area contributed by atoms with E-state index in [1.54, 1.807) is 30.4 Å². The zero-order valence-corrected chi connectivity index (χ0v) is 26.1. The molecule has 8 nitrogen and oxygen atoms in total. The van der Waals surface area contributed by atoms with Crippen LogP contribution in [0.15, 0.2) is 30.4 Å². The van der Waals surface area contributed by atoms with Crippen LogP contribution in [0, 0.1) is 17.8 Å². The van der Waals surface area contributed by atoms with Gasteiger partial charge in [-0.05, 0) is 69.7 Å². The number of hydrogen-bond acceptors (Lipinski definition) is 8. The van der Waals surface area contributed by atoms with Crippen LogP contribution in [0.5, 0.6) is 0 Å². The summed E-state index contributed by atoms with van der Waals surface area (Å²) < 4.78 is 23.0. The molecule has 0 aromatic carbocycles. The summed E-state index contributed by atoms with van der Waals surface area (Å²) in [6.45, 7) is 1.64. The van der Waals surface area contributed by atoms with Gasteiger partial charge >= 0.3 is 0 Å². The van der Waals surface area contributed by atoms with Gasteiger partial charge in [-0.1, -0.05) is 25.7 Å². The Hall–Kier alpha value is -2.04. The van der Waals surface area contributed by atoms with Gasteiger partial charge in [-0.2, -0.15) is 11.8 Å². The number of carbonyl (C=O) groups excluding carboxylic acids is 2. The number of morpholine rings is 1. The highest BCUT2D eigenvalue weighted by atomic mass is 32.2. The van der Waals surface area contributed by atoms with Crippen molar-refractivity contribution in [2.75, 3.05) is 25.9 Å². The van der Waals surface area contributed by atoms with E-state index in [0.29, 0.717) is 36.6 Å². The summed E-state index contributed by atoms with van der Waals surface area (Å²) in [5.41, 5.74) is 1.11. The number of alkyl halides is 1. The third kappa shape index (κ3) is 5.88. The molecular weight excluding hydrogens is 565 g/mol. The summed E-state index contributed by atoms with van der Waals surface area (Å²) in [4.78, 5) is 40.7. The van der Waals surface area contributed by atoms with Crippen LogP contribution in [0.2, 0.25) is 0 Å². The highest BCUT2D eigenvalue weighted by Gasteiger charge is 2.59. The van der Waals surface area contributed by atoms with E-state index in [2.05, 4.69) is 32.1 Å². The maximum atomic E-state index is 16.1. The van der Waals surface area contributed by atoms with Crippen LogP contribution in [0.3, 0.4) is 0 Å². The van der Waals surface area contributed by atoms with Crippen molar-refractivity contribution in [3.8, 4) is 0 Å². The molecule has 1 aromatic rings. The zero-order chi connectivity index (χ0) is 29.5. The molecule has 6 aliphatic rings. The van der Waals surface area contributed by atoms with Crippen molar-refractivity contribution < 1.29 is 18.7 Å². The number of hydrogen-bond donors (Lipinski definition) is 1. The summed E-state index contributed by atoms with van der Waals surface area (Å²) in [5, 5.41) is 2.70. The average Bonchev–Trinajstić information content (AvgIpc) is 3.43. The minimum atomic E-state index is -1.17. The van der Waals surface area contributed by atoms with Crippen molar-refractivity contribution in [1.29, 1.82) is 0 Å². The number of likely N-dealkylation sites (tertiary alicyclic amines) is 1. The number of rotatable bonds is 8. The number of thioether (sulfide) groups is 1. The summed E-state index contributed by atoms with van der Waals surface area (Å²) in [7, 11) is 2.14. The number of halogens is 1. The molecule has 4 heterocycles. The third-order valence-electron chi connectivity index (χ3n) is 11.4. The fraction of sp³-hybridized carbons (Fsp3) is 0.758. The van der Waals surface area contributed by atoms with Crippen LogP contribution in [-0.2, 0) is 20.7 Å². The maximum Gasteiger partial charge on any atom is 0.256 e. The van der Waals surface area contributed by atoms with Crippen LogP contribution in [0.25, 0.3) is 0 Å². The number of aryl methyl sites for hydroxylation is 1. The van der Waals surface area contributed by atoms with Crippen LogP contribution < -0.4 is 5.32 Å². The van der Waals surface area contributed by atoms with Gasteiger partial charge < -0.3 is 19.9 Å². The topological polar surface area (TPSA) is 87.7 Å². The molecule has 234 valence electrons. The number of ether oxygens (including phenoxy) is 1. The molecule has 7 rings (SSSR count). The fourth-order valence-electron chi connectivity index (χ4n) is 9.16. The quantitative estimate of drug-likeness (QED) is 0.443. The van der Waals surface area contributed by atoms with Crippen molar-refractivity contribution in [2.24, 2.45) is 17.8 Å². The normalized spacial score (nSPS) is 39.0. The largest absolute Gasteiger partial charge is 0.369 e. The maximum absolute atomic E-state index is 16.1. The molecule has 1 N–H and O–H groups in total. The van der Waals surface area contributed by atoms with E-state index in [0.717, 1.165) is 37.9 Å². The Balaban J connectivity index is 1.12. The predicted octanol–water partition coefficient (Wildman–Crippen LogP) is 3.95. The molecule has 0 spiro atoms. The van der Waals surface area contributed by atoms with E-state index >= 15 is 4.39 Å². The van der Waals surface area contributed by atoms with Crippen molar-refractivity contribution in [3.05, 3.63) is 36.1 Å². The molecule has 2 saturated heterocycles. The van der Waals surface area contributed by atoms with Gasteiger partial charge in [0.1, 0.15) is 6.17 Å². The first-order valence-corrected chi connectivity index (χ1v) is 17.7. The molecule has 3 aliphatic heterocycles. The number of fused-ring (bicyclic) bond motifs is 3. The number of Topliss-reactive ketones (excluding diaryl/α,β-unsaturated/α-hetero) is 1. The first-order valence-electron chi connectivity index (χ1n) is 16.7. The average molecular weight is 612 g/mol. The van der Waals surface area contributed by atoms with Gasteiger partial charge in [-0.25, -0.2) is 4.39 Å². The predicted molar refractivity (Wildman–Crippen MR) is 164 cm³/mol. The lowest BCUT2D eigenvalue weighted by atomic mass is 9.65. The minimum absolute atomic E-state index is 0.00121. The van der Waals surface area contributed by atoms with Gasteiger partial charge in [-0.15, -0.1) is 0 Å². The molecule has 0 radical (unpaired) electrons. The molecule has 1 amide bonds. The van der Waals surface area contributed by atoms with E-state index < -0.39 is 12.1 Å². The summed E-state index contributed by atoms with van der Waals surface area (Å²) in [5.74, 6) is 0.963. The molecule has 3 aliphatic carbocycles. The Morgan fingerprint density at radius 2 is 1.98 bits per heavy atom. The molecule has 43 heavy (non-hydrogen) atoms. The lowest BCUT2D eigenvalue weighted by Crippen LogP contribution is -2.71. The second-order valence-electron chi connectivity index (χ2n) is 13.8. The van der Waals surface area contributed by atoms with Crippen molar-refractivity contribution >= 4 is 23.5 Å². The van der Waals surface area contributed by atoms with Gasteiger partial charge in [0.2, 0.25) is 0 Å². The van der Waals surface area contributed by atoms with Crippen molar-refractivity contribution in [1.82, 2.24) is 25.1 Å². The first-order chi connectivity index (χ1) is 21.0. The smallest absolute Gasteiger partial charge is 0.256 e.